The van der Waals surface area contributed by atoms with Crippen molar-refractivity contribution in [2.45, 2.75) is 44.0 Å². The first kappa shape index (κ1) is 19.7. The first-order valence-corrected chi connectivity index (χ1v) is 9.28. The lowest BCUT2D eigenvalue weighted by molar-refractivity contribution is 0.0192. The number of halogens is 2. The molecular formula is C18H23ClFN3O4. The molecule has 148 valence electrons. The molecule has 2 fully saturated rings. The average Bonchev–Trinajstić information content (AvgIpc) is 3.45. The minimum Gasteiger partial charge on any atom is -0.453 e. The first-order valence-electron chi connectivity index (χ1n) is 8.90. The maximum absolute atomic E-state index is 13.9. The van der Waals surface area contributed by atoms with Crippen molar-refractivity contribution in [1.29, 1.82) is 0 Å². The Morgan fingerprint density at radius 3 is 2.74 bits per heavy atom. The zero-order chi connectivity index (χ0) is 19.6. The van der Waals surface area contributed by atoms with Gasteiger partial charge in [-0.25, -0.2) is 14.0 Å². The van der Waals surface area contributed by atoms with Crippen molar-refractivity contribution in [3.05, 3.63) is 34.6 Å². The Hall–Kier alpha value is -2.06. The number of hydrogen-bond donors (Lipinski definition) is 2. The van der Waals surface area contributed by atoms with Crippen LogP contribution in [0.2, 0.25) is 5.02 Å². The van der Waals surface area contributed by atoms with E-state index in [1.807, 2.05) is 0 Å². The number of rotatable bonds is 4. The van der Waals surface area contributed by atoms with Crippen LogP contribution in [0.3, 0.4) is 0 Å². The van der Waals surface area contributed by atoms with Crippen molar-refractivity contribution < 1.29 is 23.8 Å². The largest absolute Gasteiger partial charge is 0.453 e. The summed E-state index contributed by atoms with van der Waals surface area (Å²) in [5.74, 6) is -0.481. The molecule has 7 nitrogen and oxygen atoms in total. The second kappa shape index (κ2) is 8.31. The molecule has 1 aromatic rings. The molecule has 1 aliphatic heterocycles. The Bertz CT molecular complexity index is 716. The summed E-state index contributed by atoms with van der Waals surface area (Å²) >= 11 is 5.74. The van der Waals surface area contributed by atoms with Gasteiger partial charge in [0.1, 0.15) is 5.82 Å². The standard InChI is InChI=1S/C18H23ClFN3O4/c1-27-18(26)22-9-14(7-15(24)10-22)23(13-4-5-13)17(25)21-8-11-2-3-12(19)6-16(11)20/h2-3,6,13-15,24H,4-5,7-10H2,1H3,(H,21,25)/t14-,15+/m1/s1. The van der Waals surface area contributed by atoms with Crippen LogP contribution < -0.4 is 5.32 Å². The molecule has 2 atom stereocenters. The summed E-state index contributed by atoms with van der Waals surface area (Å²) in [4.78, 5) is 27.7. The normalized spacial score (nSPS) is 22.3. The van der Waals surface area contributed by atoms with Gasteiger partial charge in [-0.3, -0.25) is 0 Å². The van der Waals surface area contributed by atoms with Crippen molar-refractivity contribution >= 4 is 23.7 Å². The van der Waals surface area contributed by atoms with Gasteiger partial charge < -0.3 is 25.0 Å². The predicted molar refractivity (Wildman–Crippen MR) is 96.9 cm³/mol. The molecule has 1 aromatic carbocycles. The Labute approximate surface area is 162 Å². The summed E-state index contributed by atoms with van der Waals surface area (Å²) < 4.78 is 18.7. The van der Waals surface area contributed by atoms with E-state index in [0.29, 0.717) is 23.6 Å². The van der Waals surface area contributed by atoms with E-state index < -0.39 is 18.0 Å². The van der Waals surface area contributed by atoms with E-state index >= 15 is 0 Å². The fourth-order valence-electron chi connectivity index (χ4n) is 3.44. The SMILES string of the molecule is COC(=O)N1C[C@@H](O)C[C@@H](N(C(=O)NCc2ccc(Cl)cc2F)C2CC2)C1. The monoisotopic (exact) mass is 399 g/mol. The molecule has 0 radical (unpaired) electrons. The van der Waals surface area contributed by atoms with Crippen molar-refractivity contribution in [1.82, 2.24) is 15.1 Å². The van der Waals surface area contributed by atoms with Crippen LogP contribution in [0.4, 0.5) is 14.0 Å². The maximum Gasteiger partial charge on any atom is 0.409 e. The van der Waals surface area contributed by atoms with Crippen molar-refractivity contribution in [2.75, 3.05) is 20.2 Å². The van der Waals surface area contributed by atoms with Crippen LogP contribution >= 0.6 is 11.6 Å². The fourth-order valence-corrected chi connectivity index (χ4v) is 3.59. The van der Waals surface area contributed by atoms with Crippen LogP contribution in [-0.4, -0.2) is 65.4 Å². The third-order valence-electron chi connectivity index (χ3n) is 4.85. The molecule has 2 aliphatic rings. The maximum atomic E-state index is 13.9. The Morgan fingerprint density at radius 1 is 1.37 bits per heavy atom. The van der Waals surface area contributed by atoms with Gasteiger partial charge in [0.15, 0.2) is 0 Å². The molecule has 1 saturated carbocycles. The lowest BCUT2D eigenvalue weighted by Gasteiger charge is -2.40. The number of piperidine rings is 1. The van der Waals surface area contributed by atoms with Gasteiger partial charge in [-0.05, 0) is 31.4 Å². The third kappa shape index (κ3) is 4.81. The Kier molecular flexibility index (Phi) is 6.06. The molecule has 1 saturated heterocycles. The molecule has 1 heterocycles. The van der Waals surface area contributed by atoms with Gasteiger partial charge in [0, 0.05) is 29.7 Å². The van der Waals surface area contributed by atoms with Crippen molar-refractivity contribution in [3.8, 4) is 0 Å². The van der Waals surface area contributed by atoms with Gasteiger partial charge in [-0.15, -0.1) is 0 Å². The number of carbonyl (C=O) groups excluding carboxylic acids is 2. The van der Waals surface area contributed by atoms with Crippen LogP contribution in [0.1, 0.15) is 24.8 Å². The van der Waals surface area contributed by atoms with Crippen molar-refractivity contribution in [3.63, 3.8) is 0 Å². The summed E-state index contributed by atoms with van der Waals surface area (Å²) in [5, 5.41) is 13.2. The highest BCUT2D eigenvalue weighted by atomic mass is 35.5. The van der Waals surface area contributed by atoms with Crippen LogP contribution in [0.15, 0.2) is 18.2 Å². The first-order chi connectivity index (χ1) is 12.9. The van der Waals surface area contributed by atoms with E-state index in [9.17, 15) is 19.1 Å². The van der Waals surface area contributed by atoms with Gasteiger partial charge in [0.2, 0.25) is 0 Å². The average molecular weight is 400 g/mol. The number of nitrogens with one attached hydrogen (secondary N) is 1. The number of aliphatic hydroxyl groups is 1. The minimum atomic E-state index is -0.731. The lowest BCUT2D eigenvalue weighted by Crippen LogP contribution is -2.58. The number of aliphatic hydroxyl groups excluding tert-OH is 1. The number of methoxy groups -OCH3 is 1. The topological polar surface area (TPSA) is 82.1 Å². The molecular weight excluding hydrogens is 377 g/mol. The number of β-amino-alcohol motifs (C(OH)–C–C–N with tert-alkyl or cyclic N) is 1. The number of benzene rings is 1. The van der Waals surface area contributed by atoms with Gasteiger partial charge in [-0.2, -0.15) is 0 Å². The highest BCUT2D eigenvalue weighted by molar-refractivity contribution is 6.30. The van der Waals surface area contributed by atoms with Gasteiger partial charge in [-0.1, -0.05) is 17.7 Å². The predicted octanol–water partition coefficient (Wildman–Crippen LogP) is 2.35. The number of urea groups is 1. The zero-order valence-electron chi connectivity index (χ0n) is 15.0. The van der Waals surface area contributed by atoms with E-state index in [2.05, 4.69) is 5.32 Å². The molecule has 3 rings (SSSR count). The van der Waals surface area contributed by atoms with E-state index in [-0.39, 0.29) is 31.2 Å². The molecule has 2 N–H and O–H groups in total. The fraction of sp³-hybridized carbons (Fsp3) is 0.556. The molecule has 3 amide bonds. The zero-order valence-corrected chi connectivity index (χ0v) is 15.8. The summed E-state index contributed by atoms with van der Waals surface area (Å²) in [6.07, 6.45) is 0.858. The molecule has 27 heavy (non-hydrogen) atoms. The van der Waals surface area contributed by atoms with E-state index in [1.54, 1.807) is 11.0 Å². The summed E-state index contributed by atoms with van der Waals surface area (Å²) in [5.41, 5.74) is 0.336. The quantitative estimate of drug-likeness (QED) is 0.814. The molecule has 0 aromatic heterocycles. The van der Waals surface area contributed by atoms with Gasteiger partial charge >= 0.3 is 12.1 Å². The van der Waals surface area contributed by atoms with Crippen molar-refractivity contribution in [2.24, 2.45) is 0 Å². The summed E-state index contributed by atoms with van der Waals surface area (Å²) in [6.45, 7) is 0.503. The number of likely N-dealkylation sites (tertiary alicyclic amines) is 1. The number of carbonyl (C=O) groups is 2. The van der Waals surface area contributed by atoms with Crippen LogP contribution in [0, 0.1) is 5.82 Å². The molecule has 0 unspecified atom stereocenters. The number of nitrogens with zero attached hydrogens (tertiary/aromatic N) is 2. The second-order valence-electron chi connectivity index (χ2n) is 6.95. The van der Waals surface area contributed by atoms with Crippen LogP contribution in [0.25, 0.3) is 0 Å². The van der Waals surface area contributed by atoms with Crippen LogP contribution in [-0.2, 0) is 11.3 Å². The Morgan fingerprint density at radius 2 is 2.11 bits per heavy atom. The number of hydrogen-bond acceptors (Lipinski definition) is 4. The third-order valence-corrected chi connectivity index (χ3v) is 5.09. The summed E-state index contributed by atoms with van der Waals surface area (Å²) in [7, 11) is 1.28. The second-order valence-corrected chi connectivity index (χ2v) is 7.39. The van der Waals surface area contributed by atoms with E-state index in [0.717, 1.165) is 12.8 Å². The van der Waals surface area contributed by atoms with E-state index in [4.69, 9.17) is 16.3 Å². The Balaban J connectivity index is 1.67. The minimum absolute atomic E-state index is 0.0288. The smallest absolute Gasteiger partial charge is 0.409 e. The summed E-state index contributed by atoms with van der Waals surface area (Å²) in [6, 6.07) is 3.70. The molecule has 0 bridgehead atoms. The number of amides is 3. The highest BCUT2D eigenvalue weighted by Crippen LogP contribution is 2.31. The molecule has 0 spiro atoms. The number of ether oxygens (including phenoxy) is 1. The highest BCUT2D eigenvalue weighted by Gasteiger charge is 2.41. The lowest BCUT2D eigenvalue weighted by atomic mass is 10.0. The molecule has 1 aliphatic carbocycles. The van der Waals surface area contributed by atoms with Crippen LogP contribution in [0.5, 0.6) is 0 Å². The van der Waals surface area contributed by atoms with Gasteiger partial charge in [0.05, 0.1) is 25.8 Å². The molecule has 9 heteroatoms. The van der Waals surface area contributed by atoms with Gasteiger partial charge in [0.25, 0.3) is 0 Å². The van der Waals surface area contributed by atoms with E-state index in [1.165, 1.54) is 24.1 Å².